The fourth-order valence-corrected chi connectivity index (χ4v) is 3.83. The van der Waals surface area contributed by atoms with Crippen molar-refractivity contribution in [1.29, 1.82) is 0 Å². The number of Topliss-reactive ketones (excluding diaryl/α,β-unsaturated/α-hetero) is 1. The molecule has 25 heavy (non-hydrogen) atoms. The van der Waals surface area contributed by atoms with Crippen molar-refractivity contribution in [2.45, 2.75) is 52.3 Å². The van der Waals surface area contributed by atoms with Gasteiger partial charge in [0.15, 0.2) is 0 Å². The van der Waals surface area contributed by atoms with Crippen LogP contribution in [0.5, 0.6) is 0 Å². The molecule has 0 N–H and O–H groups in total. The van der Waals surface area contributed by atoms with E-state index in [1.165, 1.54) is 0 Å². The number of hydrogen-bond acceptors (Lipinski definition) is 4. The molecule has 0 spiro atoms. The molecule has 5 heteroatoms. The van der Waals surface area contributed by atoms with E-state index in [9.17, 15) is 9.59 Å². The Bertz CT molecular complexity index is 608. The fraction of sp³-hybridized carbons (Fsp3) is 0.600. The Hall–Kier alpha value is -1.88. The largest absolute Gasteiger partial charge is 0.445 e. The molecule has 2 aliphatic heterocycles. The molecule has 2 aliphatic rings. The van der Waals surface area contributed by atoms with Crippen molar-refractivity contribution in [3.63, 3.8) is 0 Å². The van der Waals surface area contributed by atoms with Crippen LogP contribution in [-0.4, -0.2) is 42.1 Å². The summed E-state index contributed by atoms with van der Waals surface area (Å²) in [4.78, 5) is 27.1. The van der Waals surface area contributed by atoms with Gasteiger partial charge in [-0.25, -0.2) is 4.79 Å². The normalized spacial score (nSPS) is 26.2. The van der Waals surface area contributed by atoms with Gasteiger partial charge in [-0.05, 0) is 18.4 Å². The molecule has 0 radical (unpaired) electrons. The lowest BCUT2D eigenvalue weighted by Gasteiger charge is -2.48. The minimum absolute atomic E-state index is 0.00271. The molecule has 1 aromatic rings. The van der Waals surface area contributed by atoms with Crippen molar-refractivity contribution >= 4 is 11.9 Å². The Kier molecular flexibility index (Phi) is 5.13. The lowest BCUT2D eigenvalue weighted by atomic mass is 9.75. The van der Waals surface area contributed by atoms with Gasteiger partial charge >= 0.3 is 6.09 Å². The predicted molar refractivity (Wildman–Crippen MR) is 94.0 cm³/mol. The van der Waals surface area contributed by atoms with Gasteiger partial charge in [0.2, 0.25) is 0 Å². The summed E-state index contributed by atoms with van der Waals surface area (Å²) in [6, 6.07) is 9.50. The van der Waals surface area contributed by atoms with E-state index in [1.807, 2.05) is 51.1 Å². The van der Waals surface area contributed by atoms with Gasteiger partial charge in [-0.15, -0.1) is 0 Å². The number of morpholine rings is 1. The van der Waals surface area contributed by atoms with Gasteiger partial charge in [-0.1, -0.05) is 51.1 Å². The van der Waals surface area contributed by atoms with Gasteiger partial charge in [-0.2, -0.15) is 0 Å². The summed E-state index contributed by atoms with van der Waals surface area (Å²) in [5, 5.41) is 0. The van der Waals surface area contributed by atoms with E-state index in [0.717, 1.165) is 5.56 Å². The van der Waals surface area contributed by atoms with Crippen molar-refractivity contribution < 1.29 is 19.1 Å². The van der Waals surface area contributed by atoms with E-state index < -0.39 is 0 Å². The topological polar surface area (TPSA) is 55.8 Å². The summed E-state index contributed by atoms with van der Waals surface area (Å²) in [6.07, 6.45) is 1.02. The van der Waals surface area contributed by atoms with E-state index in [4.69, 9.17) is 9.47 Å². The third-order valence-electron chi connectivity index (χ3n) is 5.05. The number of nitrogens with zero attached hydrogens (tertiary/aromatic N) is 1. The second-order valence-corrected chi connectivity index (χ2v) is 8.08. The molecule has 1 aromatic carbocycles. The molecule has 2 bridgehead atoms. The Labute approximate surface area is 149 Å². The Balaban J connectivity index is 1.65. The van der Waals surface area contributed by atoms with Crippen LogP contribution in [0.3, 0.4) is 0 Å². The van der Waals surface area contributed by atoms with Gasteiger partial charge in [0.05, 0.1) is 25.3 Å². The number of hydrogen-bond donors (Lipinski definition) is 0. The van der Waals surface area contributed by atoms with Crippen molar-refractivity contribution in [2.75, 3.05) is 13.2 Å². The fourth-order valence-electron chi connectivity index (χ4n) is 3.83. The number of fused-ring (bicyclic) bond motifs is 2. The van der Waals surface area contributed by atoms with Crippen molar-refractivity contribution in [3.05, 3.63) is 35.9 Å². The van der Waals surface area contributed by atoms with Crippen LogP contribution in [0, 0.1) is 11.3 Å². The molecule has 2 atom stereocenters. The number of carbonyl (C=O) groups excluding carboxylic acids is 2. The van der Waals surface area contributed by atoms with Crippen LogP contribution in [-0.2, 0) is 20.9 Å². The lowest BCUT2D eigenvalue weighted by Crippen LogP contribution is -2.60. The van der Waals surface area contributed by atoms with E-state index in [0.29, 0.717) is 26.1 Å². The second kappa shape index (κ2) is 7.16. The number of rotatable bonds is 3. The highest BCUT2D eigenvalue weighted by Gasteiger charge is 2.45. The molecule has 3 rings (SSSR count). The Morgan fingerprint density at radius 1 is 1.12 bits per heavy atom. The SMILES string of the molecule is CC(C)(C)C(=O)C1CC2COCC(C1)N2C(=O)OCc1ccccc1. The molecule has 2 unspecified atom stereocenters. The van der Waals surface area contributed by atoms with E-state index in [-0.39, 0.29) is 41.9 Å². The Morgan fingerprint density at radius 3 is 2.28 bits per heavy atom. The van der Waals surface area contributed by atoms with E-state index in [1.54, 1.807) is 4.90 Å². The summed E-state index contributed by atoms with van der Waals surface area (Å²) < 4.78 is 11.1. The zero-order chi connectivity index (χ0) is 18.0. The van der Waals surface area contributed by atoms with Crippen LogP contribution in [0.4, 0.5) is 4.79 Å². The van der Waals surface area contributed by atoms with Crippen molar-refractivity contribution in [1.82, 2.24) is 4.90 Å². The minimum Gasteiger partial charge on any atom is -0.445 e. The van der Waals surface area contributed by atoms with E-state index in [2.05, 4.69) is 0 Å². The van der Waals surface area contributed by atoms with Gasteiger partial charge in [0.25, 0.3) is 0 Å². The van der Waals surface area contributed by atoms with Gasteiger partial charge in [0, 0.05) is 11.3 Å². The monoisotopic (exact) mass is 345 g/mol. The van der Waals surface area contributed by atoms with Crippen LogP contribution in [0.25, 0.3) is 0 Å². The highest BCUT2D eigenvalue weighted by atomic mass is 16.6. The van der Waals surface area contributed by atoms with Crippen molar-refractivity contribution in [2.24, 2.45) is 11.3 Å². The average Bonchev–Trinajstić information content (AvgIpc) is 2.58. The predicted octanol–water partition coefficient (Wildman–Crippen LogP) is 3.42. The zero-order valence-corrected chi connectivity index (χ0v) is 15.2. The maximum Gasteiger partial charge on any atom is 0.410 e. The van der Waals surface area contributed by atoms with Crippen LogP contribution < -0.4 is 0 Å². The molecule has 2 heterocycles. The first-order chi connectivity index (χ1) is 11.9. The second-order valence-electron chi connectivity index (χ2n) is 8.08. The smallest absolute Gasteiger partial charge is 0.410 e. The minimum atomic E-state index is -0.351. The summed E-state index contributed by atoms with van der Waals surface area (Å²) in [7, 11) is 0. The van der Waals surface area contributed by atoms with Crippen LogP contribution in [0.15, 0.2) is 30.3 Å². The highest BCUT2D eigenvalue weighted by Crippen LogP contribution is 2.36. The maximum atomic E-state index is 12.7. The molecule has 0 saturated carbocycles. The summed E-state index contributed by atoms with van der Waals surface area (Å²) in [6.45, 7) is 7.10. The maximum absolute atomic E-state index is 12.7. The summed E-state index contributed by atoms with van der Waals surface area (Å²) in [5.41, 5.74) is 0.616. The average molecular weight is 345 g/mol. The van der Waals surface area contributed by atoms with Gasteiger partial charge in [-0.3, -0.25) is 9.69 Å². The van der Waals surface area contributed by atoms with Gasteiger partial charge < -0.3 is 9.47 Å². The van der Waals surface area contributed by atoms with Crippen molar-refractivity contribution in [3.8, 4) is 0 Å². The van der Waals surface area contributed by atoms with E-state index >= 15 is 0 Å². The molecule has 2 saturated heterocycles. The molecular formula is C20H27NO4. The standard InChI is InChI=1S/C20H27NO4/c1-20(2,3)18(22)15-9-16-12-24-13-17(10-15)21(16)19(23)25-11-14-7-5-4-6-8-14/h4-8,15-17H,9-13H2,1-3H3. The third kappa shape index (κ3) is 4.03. The highest BCUT2D eigenvalue weighted by molar-refractivity contribution is 5.86. The Morgan fingerprint density at radius 2 is 1.72 bits per heavy atom. The first-order valence-corrected chi connectivity index (χ1v) is 8.97. The van der Waals surface area contributed by atoms with Crippen LogP contribution >= 0.6 is 0 Å². The molecular weight excluding hydrogens is 318 g/mol. The third-order valence-corrected chi connectivity index (χ3v) is 5.05. The molecule has 0 aromatic heterocycles. The summed E-state index contributed by atoms with van der Waals surface area (Å²) in [5.74, 6) is 0.277. The molecule has 5 nitrogen and oxygen atoms in total. The number of ketones is 1. The quantitative estimate of drug-likeness (QED) is 0.842. The van der Waals surface area contributed by atoms with Crippen LogP contribution in [0.1, 0.15) is 39.2 Å². The van der Waals surface area contributed by atoms with Gasteiger partial charge in [0.1, 0.15) is 12.4 Å². The number of carbonyl (C=O) groups is 2. The number of amides is 1. The molecule has 1 amide bonds. The first kappa shape index (κ1) is 17.9. The molecule has 2 fully saturated rings. The molecule has 136 valence electrons. The van der Waals surface area contributed by atoms with Crippen LogP contribution in [0.2, 0.25) is 0 Å². The lowest BCUT2D eigenvalue weighted by molar-refractivity contribution is -0.138. The number of piperidine rings is 1. The summed E-state index contributed by atoms with van der Waals surface area (Å²) >= 11 is 0. The number of benzene rings is 1. The number of ether oxygens (including phenoxy) is 2. The first-order valence-electron chi connectivity index (χ1n) is 8.97. The molecule has 0 aliphatic carbocycles. The zero-order valence-electron chi connectivity index (χ0n) is 15.2.